The van der Waals surface area contributed by atoms with Crippen molar-refractivity contribution in [2.75, 3.05) is 48.4 Å². The molecule has 2 amide bonds. The van der Waals surface area contributed by atoms with Gasteiger partial charge in [0.05, 0.1) is 35.7 Å². The first-order valence-corrected chi connectivity index (χ1v) is 18.0. The van der Waals surface area contributed by atoms with E-state index in [0.717, 1.165) is 24.2 Å². The van der Waals surface area contributed by atoms with Crippen molar-refractivity contribution in [1.82, 2.24) is 35.3 Å². The summed E-state index contributed by atoms with van der Waals surface area (Å²) in [6.07, 6.45) is 2.49. The molecule has 1 saturated heterocycles. The van der Waals surface area contributed by atoms with Crippen LogP contribution in [-0.2, 0) is 16.1 Å². The number of piperazine rings is 1. The number of halogens is 3. The fourth-order valence-corrected chi connectivity index (χ4v) is 6.37. The Labute approximate surface area is 321 Å². The third-order valence-corrected chi connectivity index (χ3v) is 9.39. The van der Waals surface area contributed by atoms with E-state index < -0.39 is 30.3 Å². The minimum Gasteiger partial charge on any atom is -0.497 e. The third kappa shape index (κ3) is 9.53. The van der Waals surface area contributed by atoms with Gasteiger partial charge in [-0.25, -0.2) is 10.2 Å². The van der Waals surface area contributed by atoms with E-state index in [-0.39, 0.29) is 39.7 Å². The molecule has 4 aromatic rings. The van der Waals surface area contributed by atoms with E-state index in [2.05, 4.69) is 37.2 Å². The smallest absolute Gasteiger partial charge is 0.426 e. The predicted molar refractivity (Wildman–Crippen MR) is 200 cm³/mol. The summed E-state index contributed by atoms with van der Waals surface area (Å²) < 4.78 is 44.0. The molecule has 2 aromatic carbocycles. The van der Waals surface area contributed by atoms with Gasteiger partial charge in [0.1, 0.15) is 28.7 Å². The fraction of sp³-hybridized carbons (Fsp3) is 0.444. The van der Waals surface area contributed by atoms with Crippen molar-refractivity contribution in [3.63, 3.8) is 0 Å². The number of hydrazine groups is 1. The summed E-state index contributed by atoms with van der Waals surface area (Å²) in [5.41, 5.74) is 5.99. The molecule has 3 heterocycles. The average molecular weight is 782 g/mol. The molecule has 19 heteroatoms. The predicted octanol–water partition coefficient (Wildman–Crippen LogP) is 5.24. The highest BCUT2D eigenvalue weighted by molar-refractivity contribution is 6.36. The number of benzene rings is 2. The second kappa shape index (κ2) is 16.4. The highest BCUT2D eigenvalue weighted by atomic mass is 35.5. The average Bonchev–Trinajstić information content (AvgIpc) is 3.91. The van der Waals surface area contributed by atoms with E-state index in [1.807, 2.05) is 34.1 Å². The molecule has 3 N–H and O–H groups in total. The number of aromatic nitrogens is 4. The molecule has 1 aliphatic heterocycles. The first kappa shape index (κ1) is 39.0. The van der Waals surface area contributed by atoms with Gasteiger partial charge in [-0.3, -0.25) is 15.1 Å². The number of carbonyl (C=O) groups is 2. The fourth-order valence-electron chi connectivity index (χ4n) is 6.09. The molecule has 2 aliphatic rings. The standard InChI is InChI=1S/C36H42ClF2N11O5/c1-21(31(51)45-46-35(52)55-36(2,3)4)47-12-14-48(15-13-47)28-17-26(54-32(38)39)16-27(29(28)37)42-33-43-30-23(18-40)19-41-50(30)34(44-33)49(24-8-9-24)20-22-6-10-25(53-5)11-7-22/h6-7,10-11,16-17,19,21,24,32H,8-9,12-15,20H2,1-5H3,(H,42,43)(H,45,51)(H,46,52)/t21-/m1/s1. The second-order valence-corrected chi connectivity index (χ2v) is 14.5. The van der Waals surface area contributed by atoms with Gasteiger partial charge >= 0.3 is 12.7 Å². The Bertz CT molecular complexity index is 2060. The number of nitrogens with zero attached hydrogens (tertiary/aromatic N) is 8. The van der Waals surface area contributed by atoms with E-state index >= 15 is 0 Å². The molecule has 292 valence electrons. The lowest BCUT2D eigenvalue weighted by atomic mass is 10.1. The molecule has 6 rings (SSSR count). The van der Waals surface area contributed by atoms with Crippen molar-refractivity contribution >= 4 is 52.5 Å². The number of carbonyl (C=O) groups excluding carboxylic acids is 2. The minimum atomic E-state index is -3.11. The number of hydrogen-bond donors (Lipinski definition) is 3. The van der Waals surface area contributed by atoms with E-state index in [0.29, 0.717) is 44.4 Å². The molecule has 2 fully saturated rings. The topological polar surface area (TPSA) is 175 Å². The first-order valence-electron chi connectivity index (χ1n) is 17.6. The van der Waals surface area contributed by atoms with Crippen LogP contribution in [0, 0.1) is 11.3 Å². The Balaban J connectivity index is 1.24. The molecule has 16 nitrogen and oxygen atoms in total. The summed E-state index contributed by atoms with van der Waals surface area (Å²) in [5.74, 6) is 0.634. The van der Waals surface area contributed by atoms with Gasteiger partial charge in [-0.1, -0.05) is 23.7 Å². The van der Waals surface area contributed by atoms with Crippen molar-refractivity contribution < 1.29 is 32.6 Å². The number of amides is 2. The Kier molecular flexibility index (Phi) is 11.6. The number of ether oxygens (including phenoxy) is 3. The van der Waals surface area contributed by atoms with Gasteiger partial charge in [0, 0.05) is 50.9 Å². The zero-order valence-electron chi connectivity index (χ0n) is 31.0. The van der Waals surface area contributed by atoms with E-state index in [9.17, 15) is 23.6 Å². The normalized spacial score (nSPS) is 15.3. The summed E-state index contributed by atoms with van der Waals surface area (Å²) >= 11 is 6.99. The van der Waals surface area contributed by atoms with Gasteiger partial charge in [-0.2, -0.15) is 33.6 Å². The summed E-state index contributed by atoms with van der Waals surface area (Å²) in [6, 6.07) is 12.1. The zero-order valence-corrected chi connectivity index (χ0v) is 31.7. The van der Waals surface area contributed by atoms with Crippen molar-refractivity contribution in [3.05, 3.63) is 58.7 Å². The van der Waals surface area contributed by atoms with Gasteiger partial charge in [0.2, 0.25) is 11.9 Å². The molecule has 1 saturated carbocycles. The van der Waals surface area contributed by atoms with Crippen molar-refractivity contribution in [2.45, 2.75) is 71.4 Å². The van der Waals surface area contributed by atoms with Crippen LogP contribution in [0.1, 0.15) is 51.7 Å². The van der Waals surface area contributed by atoms with Gasteiger partial charge in [0.15, 0.2) is 5.65 Å². The van der Waals surface area contributed by atoms with E-state index in [1.165, 1.54) is 22.8 Å². The Morgan fingerprint density at radius 3 is 2.40 bits per heavy atom. The number of methoxy groups -OCH3 is 1. The van der Waals surface area contributed by atoms with Crippen LogP contribution < -0.4 is 35.4 Å². The minimum absolute atomic E-state index is 0.0616. The van der Waals surface area contributed by atoms with Gasteiger partial charge in [-0.15, -0.1) is 0 Å². The quantitative estimate of drug-likeness (QED) is 0.160. The van der Waals surface area contributed by atoms with Crippen LogP contribution in [0.25, 0.3) is 5.65 Å². The van der Waals surface area contributed by atoms with Crippen LogP contribution in [0.3, 0.4) is 0 Å². The molecule has 0 bridgehead atoms. The molecular formula is C36H42ClF2N11O5. The highest BCUT2D eigenvalue weighted by Gasteiger charge is 2.33. The van der Waals surface area contributed by atoms with E-state index in [1.54, 1.807) is 34.8 Å². The van der Waals surface area contributed by atoms with Crippen LogP contribution in [0.5, 0.6) is 11.5 Å². The maximum atomic E-state index is 13.6. The first-order chi connectivity index (χ1) is 26.2. The summed E-state index contributed by atoms with van der Waals surface area (Å²) in [5, 5.41) is 17.6. The Morgan fingerprint density at radius 2 is 1.78 bits per heavy atom. The molecule has 1 atom stereocenters. The van der Waals surface area contributed by atoms with Crippen LogP contribution in [0.4, 0.5) is 36.8 Å². The lowest BCUT2D eigenvalue weighted by molar-refractivity contribution is -0.127. The molecule has 0 radical (unpaired) electrons. The van der Waals surface area contributed by atoms with Gasteiger partial charge in [0.25, 0.3) is 5.91 Å². The van der Waals surface area contributed by atoms with E-state index in [4.69, 9.17) is 30.8 Å². The summed E-state index contributed by atoms with van der Waals surface area (Å²) in [4.78, 5) is 40.1. The number of alkyl halides is 2. The molecular weight excluding hydrogens is 740 g/mol. The number of fused-ring (bicyclic) bond motifs is 1. The lowest BCUT2D eigenvalue weighted by Crippen LogP contribution is -2.56. The molecule has 1 aliphatic carbocycles. The second-order valence-electron chi connectivity index (χ2n) is 14.1. The molecule has 0 unspecified atom stereocenters. The number of anilines is 4. The number of nitrogens with one attached hydrogen (secondary N) is 3. The number of hydrogen-bond acceptors (Lipinski definition) is 13. The molecule has 55 heavy (non-hydrogen) atoms. The number of nitriles is 1. The number of rotatable bonds is 12. The van der Waals surface area contributed by atoms with Gasteiger partial charge < -0.3 is 29.3 Å². The van der Waals surface area contributed by atoms with Crippen LogP contribution >= 0.6 is 11.6 Å². The monoisotopic (exact) mass is 781 g/mol. The molecule has 0 spiro atoms. The summed E-state index contributed by atoms with van der Waals surface area (Å²) in [6.45, 7) is 5.79. The van der Waals surface area contributed by atoms with Crippen LogP contribution in [0.2, 0.25) is 5.02 Å². The Morgan fingerprint density at radius 1 is 1.07 bits per heavy atom. The largest absolute Gasteiger partial charge is 0.497 e. The van der Waals surface area contributed by atoms with Crippen LogP contribution in [-0.4, -0.2) is 94.1 Å². The summed E-state index contributed by atoms with van der Waals surface area (Å²) in [7, 11) is 1.60. The lowest BCUT2D eigenvalue weighted by Gasteiger charge is -2.39. The van der Waals surface area contributed by atoms with Crippen molar-refractivity contribution in [2.24, 2.45) is 0 Å². The zero-order chi connectivity index (χ0) is 39.4. The molecule has 2 aromatic heterocycles. The Hall–Kier alpha value is -5.67. The van der Waals surface area contributed by atoms with Crippen molar-refractivity contribution in [1.29, 1.82) is 5.26 Å². The third-order valence-electron chi connectivity index (χ3n) is 9.00. The van der Waals surface area contributed by atoms with Gasteiger partial charge in [-0.05, 0) is 58.2 Å². The maximum absolute atomic E-state index is 13.6. The van der Waals surface area contributed by atoms with Crippen molar-refractivity contribution in [3.8, 4) is 17.6 Å². The SMILES string of the molecule is COc1ccc(CN(c2nc(Nc3cc(OC(F)F)cc(N4CCN([C@H](C)C(=O)NNC(=O)OC(C)(C)C)CC4)c3Cl)nc3c(C#N)cnn23)C2CC2)cc1. The van der Waals surface area contributed by atoms with Crippen LogP contribution in [0.15, 0.2) is 42.6 Å². The maximum Gasteiger partial charge on any atom is 0.426 e. The highest BCUT2D eigenvalue weighted by Crippen LogP contribution is 2.40.